The molecule has 5 heteroatoms. The Bertz CT molecular complexity index is 213. The fourth-order valence-corrected chi connectivity index (χ4v) is 2.33. The van der Waals surface area contributed by atoms with Gasteiger partial charge in [0.25, 0.3) is 5.09 Å². The molecule has 120 valence electrons. The maximum absolute atomic E-state index is 9.91. The molecule has 0 aliphatic heterocycles. The molecule has 0 heterocycles. The second-order valence-corrected chi connectivity index (χ2v) is 5.44. The average molecular weight is 288 g/mol. The molecule has 20 heavy (non-hydrogen) atoms. The molecule has 0 spiro atoms. The summed E-state index contributed by atoms with van der Waals surface area (Å²) in [4.78, 5) is 14.2. The third-order valence-electron chi connectivity index (χ3n) is 3.55. The van der Waals surface area contributed by atoms with E-state index in [9.17, 15) is 10.1 Å². The third kappa shape index (κ3) is 17.2. The Morgan fingerprint density at radius 1 is 0.700 bits per heavy atom. The van der Waals surface area contributed by atoms with E-state index in [0.29, 0.717) is 0 Å². The van der Waals surface area contributed by atoms with Crippen LogP contribution in [0.15, 0.2) is 0 Å². The standard InChI is InChI=1S/C15H32N2O3/c16-14-12-10-8-6-4-2-1-3-5-7-9-11-13-15-20-17(18)19/h1-16H2. The summed E-state index contributed by atoms with van der Waals surface area (Å²) in [5.41, 5.74) is 5.45. The van der Waals surface area contributed by atoms with Gasteiger partial charge in [0.15, 0.2) is 0 Å². The van der Waals surface area contributed by atoms with Gasteiger partial charge in [-0.15, -0.1) is 10.1 Å². The van der Waals surface area contributed by atoms with Gasteiger partial charge in [-0.1, -0.05) is 70.6 Å². The van der Waals surface area contributed by atoms with Gasteiger partial charge in [-0.2, -0.15) is 0 Å². The predicted molar refractivity (Wildman–Crippen MR) is 82.0 cm³/mol. The van der Waals surface area contributed by atoms with E-state index in [1.54, 1.807) is 0 Å². The van der Waals surface area contributed by atoms with Crippen LogP contribution < -0.4 is 5.73 Å². The quantitative estimate of drug-likeness (QED) is 0.262. The largest absolute Gasteiger partial charge is 0.330 e. The smallest absolute Gasteiger partial charge is 0.294 e. The average Bonchev–Trinajstić information content (AvgIpc) is 2.43. The van der Waals surface area contributed by atoms with Gasteiger partial charge in [0.1, 0.15) is 0 Å². The summed E-state index contributed by atoms with van der Waals surface area (Å²) < 4.78 is 0. The van der Waals surface area contributed by atoms with Crippen LogP contribution in [0.25, 0.3) is 0 Å². The number of hydrogen-bond donors (Lipinski definition) is 1. The van der Waals surface area contributed by atoms with Crippen LogP contribution in [0, 0.1) is 10.1 Å². The molecule has 0 aliphatic carbocycles. The van der Waals surface area contributed by atoms with E-state index < -0.39 is 5.09 Å². The molecule has 0 radical (unpaired) electrons. The third-order valence-corrected chi connectivity index (χ3v) is 3.55. The van der Waals surface area contributed by atoms with Gasteiger partial charge in [-0.25, -0.2) is 0 Å². The number of unbranched alkanes of at least 4 members (excludes halogenated alkanes) is 12. The van der Waals surface area contributed by atoms with Crippen molar-refractivity contribution in [2.45, 2.75) is 83.5 Å². The highest BCUT2D eigenvalue weighted by Gasteiger charge is 1.96. The van der Waals surface area contributed by atoms with Crippen molar-refractivity contribution in [2.24, 2.45) is 5.73 Å². The van der Waals surface area contributed by atoms with Crippen molar-refractivity contribution < 1.29 is 9.92 Å². The first kappa shape index (κ1) is 19.2. The lowest BCUT2D eigenvalue weighted by Gasteiger charge is -2.03. The minimum Gasteiger partial charge on any atom is -0.330 e. The maximum Gasteiger partial charge on any atom is 0.294 e. The summed E-state index contributed by atoms with van der Waals surface area (Å²) >= 11 is 0. The summed E-state index contributed by atoms with van der Waals surface area (Å²) in [7, 11) is 0. The zero-order chi connectivity index (χ0) is 14.9. The highest BCUT2D eigenvalue weighted by atomic mass is 16.9. The Morgan fingerprint density at radius 3 is 1.40 bits per heavy atom. The zero-order valence-corrected chi connectivity index (χ0v) is 12.9. The van der Waals surface area contributed by atoms with Crippen LogP contribution in [0.1, 0.15) is 83.5 Å². The molecule has 0 saturated heterocycles. The number of nitrogens with two attached hydrogens (primary N) is 1. The summed E-state index contributed by atoms with van der Waals surface area (Å²) in [5, 5.41) is 9.20. The summed E-state index contributed by atoms with van der Waals surface area (Å²) in [6.45, 7) is 1.08. The molecule has 0 aromatic heterocycles. The van der Waals surface area contributed by atoms with Crippen LogP contribution in [-0.2, 0) is 4.84 Å². The molecule has 0 rings (SSSR count). The number of nitrogens with zero attached hydrogens (tertiary/aromatic N) is 1. The van der Waals surface area contributed by atoms with Gasteiger partial charge < -0.3 is 10.6 Å². The van der Waals surface area contributed by atoms with Gasteiger partial charge >= 0.3 is 0 Å². The Morgan fingerprint density at radius 2 is 1.05 bits per heavy atom. The fraction of sp³-hybridized carbons (Fsp3) is 1.00. The molecular formula is C15H32N2O3. The molecule has 0 aromatic carbocycles. The second-order valence-electron chi connectivity index (χ2n) is 5.44. The van der Waals surface area contributed by atoms with E-state index in [4.69, 9.17) is 5.73 Å². The lowest BCUT2D eigenvalue weighted by atomic mass is 10.0. The van der Waals surface area contributed by atoms with Crippen molar-refractivity contribution in [3.8, 4) is 0 Å². The van der Waals surface area contributed by atoms with Crippen molar-refractivity contribution in [3.05, 3.63) is 10.1 Å². The van der Waals surface area contributed by atoms with Gasteiger partial charge in [0.05, 0.1) is 6.61 Å². The lowest BCUT2D eigenvalue weighted by Crippen LogP contribution is -2.01. The first-order valence-corrected chi connectivity index (χ1v) is 8.24. The highest BCUT2D eigenvalue weighted by Crippen LogP contribution is 2.12. The van der Waals surface area contributed by atoms with E-state index in [1.165, 1.54) is 70.6 Å². The molecule has 0 bridgehead atoms. The molecule has 5 nitrogen and oxygen atoms in total. The van der Waals surface area contributed by atoms with Gasteiger partial charge in [-0.05, 0) is 19.4 Å². The van der Waals surface area contributed by atoms with E-state index >= 15 is 0 Å². The lowest BCUT2D eigenvalue weighted by molar-refractivity contribution is -0.757. The number of hydrogen-bond acceptors (Lipinski definition) is 4. The van der Waals surface area contributed by atoms with Crippen molar-refractivity contribution in [2.75, 3.05) is 13.2 Å². The van der Waals surface area contributed by atoms with E-state index in [2.05, 4.69) is 4.84 Å². The Labute approximate surface area is 123 Å². The Balaban J connectivity index is 2.94. The minimum absolute atomic E-state index is 0.247. The van der Waals surface area contributed by atoms with Crippen molar-refractivity contribution in [3.63, 3.8) is 0 Å². The predicted octanol–water partition coefficient (Wildman–Crippen LogP) is 4.22. The molecule has 0 unspecified atom stereocenters. The van der Waals surface area contributed by atoms with Crippen LogP contribution >= 0.6 is 0 Å². The zero-order valence-electron chi connectivity index (χ0n) is 12.9. The molecule has 0 saturated carbocycles. The van der Waals surface area contributed by atoms with E-state index in [1.807, 2.05) is 0 Å². The van der Waals surface area contributed by atoms with Crippen LogP contribution in [0.2, 0.25) is 0 Å². The summed E-state index contributed by atoms with van der Waals surface area (Å²) in [5.74, 6) is 0. The van der Waals surface area contributed by atoms with E-state index in [0.717, 1.165) is 19.4 Å². The SMILES string of the molecule is NCCCCCCCCCCCCCCCO[N+](=O)[O-]. The molecule has 0 aliphatic rings. The van der Waals surface area contributed by atoms with Crippen molar-refractivity contribution >= 4 is 0 Å². The Hall–Kier alpha value is -0.840. The highest BCUT2D eigenvalue weighted by molar-refractivity contribution is 4.49. The first-order valence-electron chi connectivity index (χ1n) is 8.24. The van der Waals surface area contributed by atoms with Crippen molar-refractivity contribution in [1.29, 1.82) is 0 Å². The maximum atomic E-state index is 9.91. The Kier molecular flexibility index (Phi) is 15.5. The van der Waals surface area contributed by atoms with Crippen molar-refractivity contribution in [1.82, 2.24) is 0 Å². The molecule has 0 aromatic rings. The topological polar surface area (TPSA) is 78.4 Å². The summed E-state index contributed by atoms with van der Waals surface area (Å²) in [6, 6.07) is 0. The summed E-state index contributed by atoms with van der Waals surface area (Å²) in [6.07, 6.45) is 16.1. The molecule has 0 atom stereocenters. The minimum atomic E-state index is -0.712. The molecule has 0 amide bonds. The van der Waals surface area contributed by atoms with Gasteiger partial charge in [-0.3, -0.25) is 0 Å². The van der Waals surface area contributed by atoms with Crippen LogP contribution in [0.5, 0.6) is 0 Å². The second kappa shape index (κ2) is 16.2. The molecular weight excluding hydrogens is 256 g/mol. The fourth-order valence-electron chi connectivity index (χ4n) is 2.33. The first-order chi connectivity index (χ1) is 9.77. The van der Waals surface area contributed by atoms with Gasteiger partial charge in [0, 0.05) is 0 Å². The normalized spacial score (nSPS) is 10.7. The van der Waals surface area contributed by atoms with Crippen LogP contribution in [-0.4, -0.2) is 18.2 Å². The van der Waals surface area contributed by atoms with Gasteiger partial charge in [0.2, 0.25) is 0 Å². The number of rotatable bonds is 16. The van der Waals surface area contributed by atoms with Crippen LogP contribution in [0.3, 0.4) is 0 Å². The monoisotopic (exact) mass is 288 g/mol. The van der Waals surface area contributed by atoms with Crippen LogP contribution in [0.4, 0.5) is 0 Å². The molecule has 0 fully saturated rings. The molecule has 2 N–H and O–H groups in total. The van der Waals surface area contributed by atoms with E-state index in [-0.39, 0.29) is 6.61 Å².